The van der Waals surface area contributed by atoms with Crippen molar-refractivity contribution in [3.63, 3.8) is 0 Å². The van der Waals surface area contributed by atoms with Gasteiger partial charge in [-0.2, -0.15) is 0 Å². The van der Waals surface area contributed by atoms with Crippen LogP contribution in [0, 0.1) is 5.92 Å². The minimum absolute atomic E-state index is 0.0364. The summed E-state index contributed by atoms with van der Waals surface area (Å²) in [6.07, 6.45) is 5.93. The van der Waals surface area contributed by atoms with Gasteiger partial charge in [0.2, 0.25) is 23.6 Å². The lowest BCUT2D eigenvalue weighted by molar-refractivity contribution is -0.134. The molecule has 3 fully saturated rings. The molecule has 12 nitrogen and oxygen atoms in total. The molecular formula is C32H45N5O7. The standard InChI is InChI=1S/C32H45N5O7/c1-20(33-28(39)18-37-11-13-43-14-12-37)30(41)36-26(17-22-7-9-24-23(15-22)8-10-27(38)34-24)31(42)35-25(16-21-5-3-4-6-21)29(40)32(2)19-44-32/h7,9,15,20-21,25-26H,3-6,8,10-14,16-19H2,1-2H3,(H,33,39)(H,34,38)(H,35,42)(H,36,41)/t20-,25-,26-,32-/m0/s1. The van der Waals surface area contributed by atoms with E-state index in [0.29, 0.717) is 58.1 Å². The molecule has 5 rings (SSSR count). The van der Waals surface area contributed by atoms with E-state index < -0.39 is 35.5 Å². The van der Waals surface area contributed by atoms with Crippen LogP contribution in [-0.4, -0.2) is 97.5 Å². The molecule has 4 aliphatic rings. The van der Waals surface area contributed by atoms with Gasteiger partial charge in [0.05, 0.1) is 32.4 Å². The van der Waals surface area contributed by atoms with Gasteiger partial charge >= 0.3 is 0 Å². The van der Waals surface area contributed by atoms with Crippen LogP contribution >= 0.6 is 0 Å². The Kier molecular flexibility index (Phi) is 10.3. The maximum Gasteiger partial charge on any atom is 0.243 e. The summed E-state index contributed by atoms with van der Waals surface area (Å²) in [6.45, 7) is 6.22. The number of ketones is 1. The molecule has 0 spiro atoms. The molecule has 0 bridgehead atoms. The normalized spacial score (nSPS) is 23.9. The van der Waals surface area contributed by atoms with Crippen molar-refractivity contribution in [2.45, 2.75) is 88.9 Å². The van der Waals surface area contributed by atoms with Crippen LogP contribution in [-0.2, 0) is 46.3 Å². The number of fused-ring (bicyclic) bond motifs is 1. The van der Waals surface area contributed by atoms with Crippen LogP contribution < -0.4 is 21.3 Å². The van der Waals surface area contributed by atoms with Gasteiger partial charge in [0.25, 0.3) is 0 Å². The summed E-state index contributed by atoms with van der Waals surface area (Å²) in [6, 6.07) is 2.97. The van der Waals surface area contributed by atoms with Crippen LogP contribution in [0.1, 0.15) is 63.5 Å². The van der Waals surface area contributed by atoms with Crippen molar-refractivity contribution in [1.29, 1.82) is 0 Å². The highest BCUT2D eigenvalue weighted by atomic mass is 16.6. The molecule has 4 amide bonds. The number of hydrogen-bond donors (Lipinski definition) is 4. The molecule has 0 radical (unpaired) electrons. The Morgan fingerprint density at radius 1 is 1.02 bits per heavy atom. The summed E-state index contributed by atoms with van der Waals surface area (Å²) in [5.74, 6) is -1.08. The number of Topliss-reactive ketones (excluding diaryl/α,β-unsaturated/α-hetero) is 1. The van der Waals surface area contributed by atoms with E-state index >= 15 is 0 Å². The van der Waals surface area contributed by atoms with Crippen LogP contribution in [0.3, 0.4) is 0 Å². The number of amides is 4. The molecule has 4 N–H and O–H groups in total. The van der Waals surface area contributed by atoms with Crippen LogP contribution in [0.4, 0.5) is 5.69 Å². The molecule has 3 heterocycles. The van der Waals surface area contributed by atoms with E-state index in [1.165, 1.54) is 0 Å². The molecular weight excluding hydrogens is 566 g/mol. The van der Waals surface area contributed by atoms with Crippen molar-refractivity contribution in [1.82, 2.24) is 20.9 Å². The zero-order valence-corrected chi connectivity index (χ0v) is 25.7. The third-order valence-corrected chi connectivity index (χ3v) is 9.15. The van der Waals surface area contributed by atoms with Gasteiger partial charge < -0.3 is 30.7 Å². The van der Waals surface area contributed by atoms with E-state index in [2.05, 4.69) is 21.3 Å². The van der Waals surface area contributed by atoms with Gasteiger partial charge in [-0.15, -0.1) is 0 Å². The number of nitrogens with one attached hydrogen (secondary N) is 4. The van der Waals surface area contributed by atoms with Gasteiger partial charge in [-0.3, -0.25) is 28.9 Å². The zero-order chi connectivity index (χ0) is 31.3. The molecule has 1 aromatic carbocycles. The Morgan fingerprint density at radius 2 is 1.73 bits per heavy atom. The van der Waals surface area contributed by atoms with E-state index in [1.54, 1.807) is 13.8 Å². The van der Waals surface area contributed by atoms with Gasteiger partial charge in [0, 0.05) is 31.6 Å². The van der Waals surface area contributed by atoms with Crippen molar-refractivity contribution in [3.05, 3.63) is 29.3 Å². The number of benzene rings is 1. The average Bonchev–Trinajstić information content (AvgIpc) is 3.54. The topological polar surface area (TPSA) is 158 Å². The molecule has 240 valence electrons. The molecule has 0 aromatic heterocycles. The van der Waals surface area contributed by atoms with E-state index in [1.807, 2.05) is 23.1 Å². The van der Waals surface area contributed by atoms with Gasteiger partial charge in [0.15, 0.2) is 5.78 Å². The highest BCUT2D eigenvalue weighted by molar-refractivity contribution is 5.98. The fraction of sp³-hybridized carbons (Fsp3) is 0.656. The van der Waals surface area contributed by atoms with E-state index in [-0.39, 0.29) is 30.6 Å². The Balaban J connectivity index is 1.29. The van der Waals surface area contributed by atoms with Crippen LogP contribution in [0.5, 0.6) is 0 Å². The molecule has 44 heavy (non-hydrogen) atoms. The second-order valence-corrected chi connectivity index (χ2v) is 12.8. The van der Waals surface area contributed by atoms with Crippen molar-refractivity contribution < 1.29 is 33.4 Å². The maximum atomic E-state index is 13.9. The SMILES string of the molecule is C[C@H](NC(=O)CN1CCOCC1)C(=O)N[C@@H](Cc1ccc2c(c1)CCC(=O)N2)C(=O)N[C@@H](CC1CCCC1)C(=O)[C@]1(C)CO1. The highest BCUT2D eigenvalue weighted by Crippen LogP contribution is 2.33. The molecule has 12 heteroatoms. The summed E-state index contributed by atoms with van der Waals surface area (Å²) < 4.78 is 10.8. The summed E-state index contributed by atoms with van der Waals surface area (Å²) in [7, 11) is 0. The maximum absolute atomic E-state index is 13.9. The predicted octanol–water partition coefficient (Wildman–Crippen LogP) is 0.859. The monoisotopic (exact) mass is 611 g/mol. The minimum Gasteiger partial charge on any atom is -0.379 e. The number of morpholine rings is 1. The summed E-state index contributed by atoms with van der Waals surface area (Å²) in [5.41, 5.74) is 1.62. The molecule has 1 aromatic rings. The van der Waals surface area contributed by atoms with Gasteiger partial charge in [-0.1, -0.05) is 37.8 Å². The molecule has 1 saturated carbocycles. The second kappa shape index (κ2) is 14.2. The van der Waals surface area contributed by atoms with Crippen molar-refractivity contribution in [2.75, 3.05) is 44.8 Å². The fourth-order valence-electron chi connectivity index (χ4n) is 6.32. The van der Waals surface area contributed by atoms with Crippen molar-refractivity contribution >= 4 is 35.1 Å². The number of ether oxygens (including phenoxy) is 2. The lowest BCUT2D eigenvalue weighted by Crippen LogP contribution is -2.57. The molecule has 0 unspecified atom stereocenters. The largest absolute Gasteiger partial charge is 0.379 e. The number of aryl methyl sites for hydroxylation is 1. The Labute approximate surface area is 258 Å². The first kappa shape index (κ1) is 32.1. The number of nitrogens with zero attached hydrogens (tertiary/aromatic N) is 1. The Bertz CT molecular complexity index is 1250. The minimum atomic E-state index is -0.996. The number of carbonyl (C=O) groups excluding carboxylic acids is 5. The average molecular weight is 612 g/mol. The van der Waals surface area contributed by atoms with Crippen molar-refractivity contribution in [3.8, 4) is 0 Å². The third-order valence-electron chi connectivity index (χ3n) is 9.15. The van der Waals surface area contributed by atoms with Crippen LogP contribution in [0.15, 0.2) is 18.2 Å². The number of carbonyl (C=O) groups is 5. The first-order chi connectivity index (χ1) is 21.1. The summed E-state index contributed by atoms with van der Waals surface area (Å²) >= 11 is 0. The Morgan fingerprint density at radius 3 is 2.43 bits per heavy atom. The molecule has 4 atom stereocenters. The van der Waals surface area contributed by atoms with Gasteiger partial charge in [-0.25, -0.2) is 0 Å². The lowest BCUT2D eigenvalue weighted by atomic mass is 9.90. The Hall–Kier alpha value is -3.35. The first-order valence-corrected chi connectivity index (χ1v) is 15.9. The first-order valence-electron chi connectivity index (χ1n) is 15.9. The van der Waals surface area contributed by atoms with Crippen molar-refractivity contribution in [2.24, 2.45) is 5.92 Å². The van der Waals surface area contributed by atoms with Crippen LogP contribution in [0.2, 0.25) is 0 Å². The smallest absolute Gasteiger partial charge is 0.243 e. The van der Waals surface area contributed by atoms with Gasteiger partial charge in [-0.05, 0) is 49.8 Å². The van der Waals surface area contributed by atoms with E-state index in [0.717, 1.165) is 42.5 Å². The molecule has 1 aliphatic carbocycles. The fourth-order valence-corrected chi connectivity index (χ4v) is 6.32. The third kappa shape index (κ3) is 8.42. The number of epoxide rings is 1. The molecule has 3 aliphatic heterocycles. The quantitative estimate of drug-likeness (QED) is 0.239. The van der Waals surface area contributed by atoms with E-state index in [4.69, 9.17) is 9.47 Å². The number of hydrogen-bond acceptors (Lipinski definition) is 8. The number of rotatable bonds is 13. The predicted molar refractivity (Wildman–Crippen MR) is 162 cm³/mol. The second-order valence-electron chi connectivity index (χ2n) is 12.8. The summed E-state index contributed by atoms with van der Waals surface area (Å²) in [4.78, 5) is 67.1. The van der Waals surface area contributed by atoms with E-state index in [9.17, 15) is 24.0 Å². The number of anilines is 1. The zero-order valence-electron chi connectivity index (χ0n) is 25.7. The lowest BCUT2D eigenvalue weighted by Gasteiger charge is -2.28. The van der Waals surface area contributed by atoms with Gasteiger partial charge in [0.1, 0.15) is 17.7 Å². The highest BCUT2D eigenvalue weighted by Gasteiger charge is 2.50. The summed E-state index contributed by atoms with van der Waals surface area (Å²) in [5, 5.41) is 11.4. The van der Waals surface area contributed by atoms with Crippen LogP contribution in [0.25, 0.3) is 0 Å². The molecule has 2 saturated heterocycles.